The normalized spacial score (nSPS) is 11.2. The number of nitrogens with one attached hydrogen (secondary N) is 1. The molecule has 0 aliphatic heterocycles. The van der Waals surface area contributed by atoms with E-state index in [4.69, 9.17) is 9.47 Å². The minimum atomic E-state index is -0.429. The third kappa shape index (κ3) is 4.81. The molecule has 1 N–H and O–H groups in total. The Labute approximate surface area is 201 Å². The number of benzene rings is 2. The second kappa shape index (κ2) is 9.40. The molecule has 1 heterocycles. The average Bonchev–Trinajstić information content (AvgIpc) is 2.76. The van der Waals surface area contributed by atoms with Crippen LogP contribution in [0.15, 0.2) is 52.8 Å². The molecule has 0 amide bonds. The first kappa shape index (κ1) is 24.5. The second-order valence-corrected chi connectivity index (χ2v) is 9.49. The monoisotopic (exact) mass is 511 g/mol. The fourth-order valence-electron chi connectivity index (χ4n) is 3.58. The van der Waals surface area contributed by atoms with E-state index in [1.165, 1.54) is 31.4 Å². The van der Waals surface area contributed by atoms with Gasteiger partial charge in [-0.05, 0) is 63.7 Å². The van der Waals surface area contributed by atoms with Crippen LogP contribution in [0.1, 0.15) is 43.2 Å². The lowest BCUT2D eigenvalue weighted by molar-refractivity contribution is 0.375. The van der Waals surface area contributed by atoms with Gasteiger partial charge in [0.25, 0.3) is 0 Å². The number of rotatable bonds is 6. The summed E-state index contributed by atoms with van der Waals surface area (Å²) in [6.07, 6.45) is 3.08. The van der Waals surface area contributed by atoms with Crippen LogP contribution in [-0.4, -0.2) is 12.1 Å². The quantitative estimate of drug-likeness (QED) is 0.369. The fraction of sp³-hybridized carbons (Fsp3) is 0.222. The van der Waals surface area contributed by atoms with Gasteiger partial charge in [0, 0.05) is 22.9 Å². The number of ether oxygens (including phenoxy) is 2. The molecular weight excluding hydrogens is 485 g/mol. The summed E-state index contributed by atoms with van der Waals surface area (Å²) in [5.41, 5.74) is 3.80. The van der Waals surface area contributed by atoms with E-state index in [9.17, 15) is 9.18 Å². The zero-order valence-corrected chi connectivity index (χ0v) is 21.0. The number of hydrogen-bond donors (Lipinski definition) is 1. The van der Waals surface area contributed by atoms with Crippen LogP contribution >= 0.6 is 15.9 Å². The second-order valence-electron chi connectivity index (χ2n) is 8.69. The van der Waals surface area contributed by atoms with E-state index >= 15 is 0 Å². The van der Waals surface area contributed by atoms with Gasteiger partial charge in [0.2, 0.25) is 5.43 Å². The van der Waals surface area contributed by atoms with Crippen LogP contribution in [0.3, 0.4) is 0 Å². The van der Waals surface area contributed by atoms with Crippen LogP contribution in [-0.2, 0) is 5.41 Å². The third-order valence-electron chi connectivity index (χ3n) is 5.38. The van der Waals surface area contributed by atoms with Crippen molar-refractivity contribution in [3.05, 3.63) is 86.4 Å². The van der Waals surface area contributed by atoms with Crippen molar-refractivity contribution in [1.82, 2.24) is 4.98 Å². The number of aromatic amines is 1. The van der Waals surface area contributed by atoms with Gasteiger partial charge >= 0.3 is 0 Å². The standard InChI is InChI=1S/C27H27BrFNO3/c1-8-18-19(9-2)30-25(24(28)26(18)31)23-15(3)12-16(27(4,5)6)13-22(23)33-20-11-10-17(29)14-21(20)32-7/h8-14H,1-2H2,3-7H3,(H,30,31). The molecule has 2 aromatic carbocycles. The molecule has 1 aromatic heterocycles. The minimum absolute atomic E-state index is 0.155. The van der Waals surface area contributed by atoms with Crippen molar-refractivity contribution in [2.75, 3.05) is 7.11 Å². The number of hydrogen-bond acceptors (Lipinski definition) is 3. The maximum atomic E-state index is 13.8. The van der Waals surface area contributed by atoms with E-state index in [0.717, 1.165) is 11.1 Å². The summed E-state index contributed by atoms with van der Waals surface area (Å²) >= 11 is 3.47. The molecule has 0 spiro atoms. The van der Waals surface area contributed by atoms with Crippen molar-refractivity contribution >= 4 is 28.1 Å². The zero-order chi connectivity index (χ0) is 24.5. The molecule has 0 aliphatic rings. The average molecular weight is 512 g/mol. The van der Waals surface area contributed by atoms with Crippen LogP contribution in [0, 0.1) is 12.7 Å². The molecule has 0 aliphatic carbocycles. The highest BCUT2D eigenvalue weighted by Gasteiger charge is 2.24. The Morgan fingerprint density at radius 3 is 2.33 bits per heavy atom. The summed E-state index contributed by atoms with van der Waals surface area (Å²) in [7, 11) is 1.46. The SMILES string of the molecule is C=Cc1[nH]c(-c2c(C)cc(C(C)(C)C)cc2Oc2ccc(F)cc2OC)c(Br)c(=O)c1C=C. The van der Waals surface area contributed by atoms with Crippen molar-refractivity contribution in [2.24, 2.45) is 0 Å². The Balaban J connectivity index is 2.36. The Kier molecular flexibility index (Phi) is 6.98. The van der Waals surface area contributed by atoms with Crippen molar-refractivity contribution in [1.29, 1.82) is 0 Å². The van der Waals surface area contributed by atoms with E-state index in [-0.39, 0.29) is 16.6 Å². The molecule has 0 saturated heterocycles. The summed E-state index contributed by atoms with van der Waals surface area (Å²) in [6, 6.07) is 8.10. The fourth-order valence-corrected chi connectivity index (χ4v) is 4.09. The van der Waals surface area contributed by atoms with Crippen molar-refractivity contribution in [3.8, 4) is 28.5 Å². The summed E-state index contributed by atoms with van der Waals surface area (Å²) in [5, 5.41) is 0. The maximum Gasteiger partial charge on any atom is 0.204 e. The number of halogens is 2. The van der Waals surface area contributed by atoms with Gasteiger partial charge < -0.3 is 14.5 Å². The number of pyridine rings is 1. The van der Waals surface area contributed by atoms with Gasteiger partial charge in [-0.15, -0.1) is 0 Å². The van der Waals surface area contributed by atoms with Crippen molar-refractivity contribution < 1.29 is 13.9 Å². The first-order valence-corrected chi connectivity index (χ1v) is 11.2. The number of aromatic nitrogens is 1. The van der Waals surface area contributed by atoms with E-state index in [1.54, 1.807) is 6.08 Å². The van der Waals surface area contributed by atoms with E-state index in [2.05, 4.69) is 60.9 Å². The number of methoxy groups -OCH3 is 1. The lowest BCUT2D eigenvalue weighted by atomic mass is 9.84. The molecule has 3 aromatic rings. The molecule has 0 bridgehead atoms. The molecule has 4 nitrogen and oxygen atoms in total. The van der Waals surface area contributed by atoms with Gasteiger partial charge in [0.15, 0.2) is 11.5 Å². The lowest BCUT2D eigenvalue weighted by Crippen LogP contribution is -2.14. The van der Waals surface area contributed by atoms with E-state index < -0.39 is 5.82 Å². The van der Waals surface area contributed by atoms with Gasteiger partial charge in [-0.1, -0.05) is 46.1 Å². The zero-order valence-electron chi connectivity index (χ0n) is 19.4. The summed E-state index contributed by atoms with van der Waals surface area (Å²) in [4.78, 5) is 16.3. The van der Waals surface area contributed by atoms with Gasteiger partial charge in [-0.25, -0.2) is 4.39 Å². The van der Waals surface area contributed by atoms with Crippen LogP contribution in [0.2, 0.25) is 0 Å². The maximum absolute atomic E-state index is 13.8. The van der Waals surface area contributed by atoms with E-state index in [0.29, 0.717) is 38.5 Å². The van der Waals surface area contributed by atoms with Crippen molar-refractivity contribution in [3.63, 3.8) is 0 Å². The summed E-state index contributed by atoms with van der Waals surface area (Å²) < 4.78 is 25.7. The molecule has 0 unspecified atom stereocenters. The highest BCUT2D eigenvalue weighted by atomic mass is 79.9. The molecule has 172 valence electrons. The predicted molar refractivity (Wildman–Crippen MR) is 137 cm³/mol. The molecule has 3 rings (SSSR count). The van der Waals surface area contributed by atoms with Crippen LogP contribution < -0.4 is 14.9 Å². The molecule has 33 heavy (non-hydrogen) atoms. The Morgan fingerprint density at radius 1 is 1.06 bits per heavy atom. The topological polar surface area (TPSA) is 51.3 Å². The predicted octanol–water partition coefficient (Wildman–Crippen LogP) is 7.64. The molecule has 0 fully saturated rings. The van der Waals surface area contributed by atoms with Gasteiger partial charge in [0.1, 0.15) is 11.6 Å². The van der Waals surface area contributed by atoms with E-state index in [1.807, 2.05) is 13.0 Å². The Hall–Kier alpha value is -3.12. The van der Waals surface area contributed by atoms with Crippen LogP contribution in [0.4, 0.5) is 4.39 Å². The minimum Gasteiger partial charge on any atom is -0.493 e. The number of aryl methyl sites for hydroxylation is 1. The highest BCUT2D eigenvalue weighted by molar-refractivity contribution is 9.10. The van der Waals surface area contributed by atoms with Crippen LogP contribution in [0.5, 0.6) is 17.2 Å². The van der Waals surface area contributed by atoms with Gasteiger partial charge in [0.05, 0.1) is 17.3 Å². The highest BCUT2D eigenvalue weighted by Crippen LogP contribution is 2.43. The molecule has 0 radical (unpaired) electrons. The van der Waals surface area contributed by atoms with Crippen molar-refractivity contribution in [2.45, 2.75) is 33.1 Å². The van der Waals surface area contributed by atoms with Gasteiger partial charge in [-0.3, -0.25) is 4.79 Å². The molecule has 0 saturated carbocycles. The molecular formula is C27H27BrFNO3. The largest absolute Gasteiger partial charge is 0.493 e. The molecule has 6 heteroatoms. The first-order valence-electron chi connectivity index (χ1n) is 10.4. The Morgan fingerprint density at radius 2 is 1.76 bits per heavy atom. The van der Waals surface area contributed by atoms with Gasteiger partial charge in [-0.2, -0.15) is 0 Å². The summed E-state index contributed by atoms with van der Waals surface area (Å²) in [5.74, 6) is 0.696. The smallest absolute Gasteiger partial charge is 0.204 e. The lowest BCUT2D eigenvalue weighted by Gasteiger charge is -2.24. The third-order valence-corrected chi connectivity index (χ3v) is 6.14. The molecule has 0 atom stereocenters. The van der Waals surface area contributed by atoms with Crippen LogP contribution in [0.25, 0.3) is 23.4 Å². The first-order chi connectivity index (χ1) is 15.5. The number of H-pyrrole nitrogens is 1. The Bertz CT molecular complexity index is 1300. The summed E-state index contributed by atoms with van der Waals surface area (Å²) in [6.45, 7) is 15.8.